The zero-order valence-corrected chi connectivity index (χ0v) is 14.2. The molecule has 2 aliphatic heterocycles. The van der Waals surface area contributed by atoms with Crippen LogP contribution in [-0.4, -0.2) is 43.0 Å². The van der Waals surface area contributed by atoms with Gasteiger partial charge in [-0.15, -0.1) is 0 Å². The van der Waals surface area contributed by atoms with Gasteiger partial charge in [0.2, 0.25) is 5.91 Å². The first-order valence-electron chi connectivity index (χ1n) is 8.37. The minimum absolute atomic E-state index is 0.00826. The number of amidine groups is 1. The van der Waals surface area contributed by atoms with Crippen molar-refractivity contribution < 1.29 is 4.79 Å². The molecule has 0 atom stereocenters. The monoisotopic (exact) mass is 332 g/mol. The zero-order chi connectivity index (χ0) is 15.9. The molecule has 124 valence electrons. The van der Waals surface area contributed by atoms with Crippen LogP contribution in [0.25, 0.3) is 0 Å². The number of benzene rings is 1. The molecule has 1 aromatic carbocycles. The molecule has 6 heteroatoms. The third kappa shape index (κ3) is 4.89. The summed E-state index contributed by atoms with van der Waals surface area (Å²) in [6, 6.07) is 8.20. The number of rotatable bonds is 4. The third-order valence-electron chi connectivity index (χ3n) is 4.11. The Hall–Kier alpha value is -1.69. The smallest absolute Gasteiger partial charge is 0.234 e. The van der Waals surface area contributed by atoms with E-state index in [1.165, 1.54) is 43.1 Å². The van der Waals surface area contributed by atoms with Crippen LogP contribution in [0.15, 0.2) is 29.3 Å². The molecule has 2 heterocycles. The number of hydrogen-bond donors (Lipinski definition) is 2. The number of aliphatic imine (C=N–C) groups is 1. The summed E-state index contributed by atoms with van der Waals surface area (Å²) in [6.45, 7) is 3.96. The number of anilines is 2. The summed E-state index contributed by atoms with van der Waals surface area (Å²) >= 11 is 1.46. The Labute approximate surface area is 141 Å². The van der Waals surface area contributed by atoms with Crippen molar-refractivity contribution in [3.63, 3.8) is 0 Å². The molecular formula is C17H24N4OS. The summed E-state index contributed by atoms with van der Waals surface area (Å²) in [5.74, 6) is 0.397. The fourth-order valence-electron chi connectivity index (χ4n) is 2.89. The molecule has 0 saturated carbocycles. The Morgan fingerprint density at radius 3 is 2.57 bits per heavy atom. The van der Waals surface area contributed by atoms with Gasteiger partial charge in [0.05, 0.1) is 12.3 Å². The highest BCUT2D eigenvalue weighted by atomic mass is 32.2. The molecule has 5 nitrogen and oxygen atoms in total. The number of carbonyl (C=O) groups excluding carboxylic acids is 1. The van der Waals surface area contributed by atoms with Crippen molar-refractivity contribution in [3.05, 3.63) is 24.3 Å². The molecule has 23 heavy (non-hydrogen) atoms. The number of hydrogen-bond acceptors (Lipinski definition) is 5. The molecule has 1 amide bonds. The molecule has 1 fully saturated rings. The number of amides is 1. The molecule has 0 radical (unpaired) electrons. The molecule has 0 bridgehead atoms. The average Bonchev–Trinajstić information content (AvgIpc) is 2.94. The van der Waals surface area contributed by atoms with Crippen LogP contribution in [0.3, 0.4) is 0 Å². The highest BCUT2D eigenvalue weighted by molar-refractivity contribution is 8.14. The van der Waals surface area contributed by atoms with E-state index in [0.29, 0.717) is 5.75 Å². The van der Waals surface area contributed by atoms with Gasteiger partial charge in [0.1, 0.15) is 0 Å². The van der Waals surface area contributed by atoms with Crippen molar-refractivity contribution in [2.45, 2.75) is 25.7 Å². The number of thioether (sulfide) groups is 1. The maximum absolute atomic E-state index is 12.0. The lowest BCUT2D eigenvalue weighted by Crippen LogP contribution is -2.23. The Kier molecular flexibility index (Phi) is 5.80. The van der Waals surface area contributed by atoms with Gasteiger partial charge in [-0.2, -0.15) is 0 Å². The van der Waals surface area contributed by atoms with Crippen molar-refractivity contribution in [2.75, 3.05) is 42.1 Å². The van der Waals surface area contributed by atoms with Crippen LogP contribution in [0.4, 0.5) is 11.4 Å². The van der Waals surface area contributed by atoms with Gasteiger partial charge in [-0.1, -0.05) is 24.6 Å². The van der Waals surface area contributed by atoms with Crippen LogP contribution >= 0.6 is 11.8 Å². The normalized spacial score (nSPS) is 18.1. The first-order chi connectivity index (χ1) is 11.3. The summed E-state index contributed by atoms with van der Waals surface area (Å²) < 4.78 is 0. The molecule has 1 aromatic rings. The van der Waals surface area contributed by atoms with Crippen molar-refractivity contribution in [2.24, 2.45) is 4.99 Å². The van der Waals surface area contributed by atoms with Crippen molar-refractivity contribution in [1.29, 1.82) is 0 Å². The fourth-order valence-corrected chi connectivity index (χ4v) is 3.61. The van der Waals surface area contributed by atoms with Gasteiger partial charge in [0.15, 0.2) is 5.17 Å². The van der Waals surface area contributed by atoms with E-state index in [0.717, 1.165) is 37.0 Å². The maximum Gasteiger partial charge on any atom is 0.234 e. The Morgan fingerprint density at radius 2 is 1.91 bits per heavy atom. The molecule has 2 aliphatic rings. The topological polar surface area (TPSA) is 56.7 Å². The fraction of sp³-hybridized carbons (Fsp3) is 0.529. The predicted molar refractivity (Wildman–Crippen MR) is 98.5 cm³/mol. The first-order valence-corrected chi connectivity index (χ1v) is 9.36. The van der Waals surface area contributed by atoms with Crippen molar-refractivity contribution in [3.8, 4) is 0 Å². The van der Waals surface area contributed by atoms with Gasteiger partial charge < -0.3 is 15.5 Å². The second kappa shape index (κ2) is 8.24. The molecule has 0 aromatic heterocycles. The number of nitrogens with zero attached hydrogens (tertiary/aromatic N) is 2. The van der Waals surface area contributed by atoms with E-state index in [1.807, 2.05) is 12.1 Å². The highest BCUT2D eigenvalue weighted by Crippen LogP contribution is 2.21. The standard InChI is InChI=1S/C17H24N4OS/c22-16(13-23-17-18-9-10-19-17)20-14-5-7-15(8-6-14)21-11-3-1-2-4-12-21/h5-8H,1-4,9-13H2,(H,18,19)(H,20,22). The lowest BCUT2D eigenvalue weighted by atomic mass is 10.2. The Bertz CT molecular complexity index is 550. The van der Waals surface area contributed by atoms with Crippen LogP contribution in [0.1, 0.15) is 25.7 Å². The largest absolute Gasteiger partial charge is 0.372 e. The minimum atomic E-state index is 0.00826. The second-order valence-electron chi connectivity index (χ2n) is 5.90. The zero-order valence-electron chi connectivity index (χ0n) is 13.4. The van der Waals surface area contributed by atoms with Crippen molar-refractivity contribution >= 4 is 34.2 Å². The minimum Gasteiger partial charge on any atom is -0.372 e. The second-order valence-corrected chi connectivity index (χ2v) is 6.86. The van der Waals surface area contributed by atoms with Gasteiger partial charge in [0, 0.05) is 31.0 Å². The molecular weight excluding hydrogens is 308 g/mol. The van der Waals surface area contributed by atoms with Gasteiger partial charge in [-0.05, 0) is 37.1 Å². The van der Waals surface area contributed by atoms with Crippen LogP contribution < -0.4 is 15.5 Å². The van der Waals surface area contributed by atoms with Gasteiger partial charge in [-0.25, -0.2) is 0 Å². The summed E-state index contributed by atoms with van der Waals surface area (Å²) in [4.78, 5) is 18.7. The van der Waals surface area contributed by atoms with Gasteiger partial charge >= 0.3 is 0 Å². The SMILES string of the molecule is O=C(CSC1=NCCN1)Nc1ccc(N2CCCCCC2)cc1. The van der Waals surface area contributed by atoms with E-state index in [-0.39, 0.29) is 5.91 Å². The van der Waals surface area contributed by atoms with E-state index in [1.54, 1.807) is 0 Å². The maximum atomic E-state index is 12.0. The van der Waals surface area contributed by atoms with E-state index in [2.05, 4.69) is 32.7 Å². The molecule has 0 aliphatic carbocycles. The lowest BCUT2D eigenvalue weighted by molar-refractivity contribution is -0.113. The van der Waals surface area contributed by atoms with E-state index >= 15 is 0 Å². The van der Waals surface area contributed by atoms with Crippen LogP contribution in [0, 0.1) is 0 Å². The average molecular weight is 332 g/mol. The van der Waals surface area contributed by atoms with Crippen LogP contribution in [0.5, 0.6) is 0 Å². The van der Waals surface area contributed by atoms with Crippen molar-refractivity contribution in [1.82, 2.24) is 5.32 Å². The quantitative estimate of drug-likeness (QED) is 0.890. The lowest BCUT2D eigenvalue weighted by Gasteiger charge is -2.22. The number of nitrogens with one attached hydrogen (secondary N) is 2. The van der Waals surface area contributed by atoms with E-state index in [4.69, 9.17) is 0 Å². The summed E-state index contributed by atoms with van der Waals surface area (Å²) in [5, 5.41) is 6.97. The third-order valence-corrected chi connectivity index (χ3v) is 5.06. The van der Waals surface area contributed by atoms with Gasteiger partial charge in [0.25, 0.3) is 0 Å². The highest BCUT2D eigenvalue weighted by Gasteiger charge is 2.11. The molecule has 2 N–H and O–H groups in total. The molecule has 1 saturated heterocycles. The molecule has 0 spiro atoms. The Morgan fingerprint density at radius 1 is 1.17 bits per heavy atom. The predicted octanol–water partition coefficient (Wildman–Crippen LogP) is 2.70. The van der Waals surface area contributed by atoms with Gasteiger partial charge in [-0.3, -0.25) is 9.79 Å². The molecule has 0 unspecified atom stereocenters. The number of carbonyl (C=O) groups is 1. The van der Waals surface area contributed by atoms with E-state index in [9.17, 15) is 4.79 Å². The summed E-state index contributed by atoms with van der Waals surface area (Å²) in [5.41, 5.74) is 2.11. The summed E-state index contributed by atoms with van der Waals surface area (Å²) in [6.07, 6.45) is 5.21. The first kappa shape index (κ1) is 16.2. The molecule has 3 rings (SSSR count). The summed E-state index contributed by atoms with van der Waals surface area (Å²) in [7, 11) is 0. The van der Waals surface area contributed by atoms with Crippen LogP contribution in [-0.2, 0) is 4.79 Å². The Balaban J connectivity index is 1.49. The van der Waals surface area contributed by atoms with E-state index < -0.39 is 0 Å². The van der Waals surface area contributed by atoms with Crippen LogP contribution in [0.2, 0.25) is 0 Å².